The molecule has 0 unspecified atom stereocenters. The zero-order chi connectivity index (χ0) is 21.5. The van der Waals surface area contributed by atoms with E-state index in [0.717, 1.165) is 15.8 Å². The number of piperazine rings is 1. The number of nitrogens with zero attached hydrogens (tertiary/aromatic N) is 2. The van der Waals surface area contributed by atoms with Crippen molar-refractivity contribution in [3.63, 3.8) is 0 Å². The second kappa shape index (κ2) is 10.3. The predicted molar refractivity (Wildman–Crippen MR) is 116 cm³/mol. The number of phenols is 1. The van der Waals surface area contributed by atoms with Crippen LogP contribution >= 0.6 is 15.9 Å². The Morgan fingerprint density at radius 3 is 2.33 bits per heavy atom. The predicted octanol–water partition coefficient (Wildman–Crippen LogP) is 2.98. The molecule has 0 bridgehead atoms. The van der Waals surface area contributed by atoms with Gasteiger partial charge in [-0.25, -0.2) is 0 Å². The highest BCUT2D eigenvalue weighted by Crippen LogP contribution is 2.24. The Morgan fingerprint density at radius 2 is 1.67 bits per heavy atom. The van der Waals surface area contributed by atoms with E-state index in [1.807, 2.05) is 25.1 Å². The summed E-state index contributed by atoms with van der Waals surface area (Å²) in [6, 6.07) is 12.2. The number of hydrogen-bond acceptors (Lipinski definition) is 5. The van der Waals surface area contributed by atoms with Crippen LogP contribution in [0.5, 0.6) is 17.2 Å². The highest BCUT2D eigenvalue weighted by molar-refractivity contribution is 9.10. The number of amides is 2. The molecule has 7 nitrogen and oxygen atoms in total. The maximum atomic E-state index is 12.4. The summed E-state index contributed by atoms with van der Waals surface area (Å²) in [6.07, 6.45) is 0.291. The quantitative estimate of drug-likeness (QED) is 0.664. The second-order valence-corrected chi connectivity index (χ2v) is 7.88. The summed E-state index contributed by atoms with van der Waals surface area (Å²) in [4.78, 5) is 28.2. The number of carbonyl (C=O) groups excluding carboxylic acids is 2. The molecule has 3 rings (SSSR count). The maximum Gasteiger partial charge on any atom is 0.260 e. The molecule has 1 aliphatic rings. The summed E-state index contributed by atoms with van der Waals surface area (Å²) in [7, 11) is 0. The highest BCUT2D eigenvalue weighted by Gasteiger charge is 2.24. The Bertz CT molecular complexity index is 897. The van der Waals surface area contributed by atoms with Gasteiger partial charge in [0.25, 0.3) is 5.91 Å². The Hall–Kier alpha value is -2.74. The third-order valence-electron chi connectivity index (χ3n) is 4.92. The molecule has 1 aliphatic heterocycles. The van der Waals surface area contributed by atoms with Crippen LogP contribution in [0.1, 0.15) is 12.0 Å². The largest absolute Gasteiger partial charge is 0.504 e. The zero-order valence-corrected chi connectivity index (χ0v) is 18.4. The van der Waals surface area contributed by atoms with Crippen molar-refractivity contribution in [3.8, 4) is 17.2 Å². The van der Waals surface area contributed by atoms with Gasteiger partial charge in [0.1, 0.15) is 5.75 Å². The lowest BCUT2D eigenvalue weighted by Gasteiger charge is -2.34. The normalized spacial score (nSPS) is 13.8. The molecule has 0 aliphatic carbocycles. The van der Waals surface area contributed by atoms with Gasteiger partial charge < -0.3 is 24.4 Å². The Morgan fingerprint density at radius 1 is 1.00 bits per heavy atom. The first kappa shape index (κ1) is 22.0. The summed E-state index contributed by atoms with van der Waals surface area (Å²) < 4.78 is 12.1. The van der Waals surface area contributed by atoms with Gasteiger partial charge in [0, 0.05) is 30.7 Å². The molecule has 2 aromatic carbocycles. The maximum absolute atomic E-state index is 12.4. The molecule has 160 valence electrons. The van der Waals surface area contributed by atoms with Crippen molar-refractivity contribution in [1.29, 1.82) is 0 Å². The second-order valence-electron chi connectivity index (χ2n) is 7.03. The third kappa shape index (κ3) is 5.89. The van der Waals surface area contributed by atoms with Gasteiger partial charge in [-0.3, -0.25) is 9.59 Å². The SMILES string of the molecule is Cc1cc(OCCC(=O)N2CCN(C(=O)COc3ccccc3O)CC2)ccc1Br. The number of carbonyl (C=O) groups is 2. The molecule has 30 heavy (non-hydrogen) atoms. The van der Waals surface area contributed by atoms with Crippen molar-refractivity contribution in [2.75, 3.05) is 39.4 Å². The van der Waals surface area contributed by atoms with E-state index in [4.69, 9.17) is 9.47 Å². The van der Waals surface area contributed by atoms with Gasteiger partial charge in [0.2, 0.25) is 5.91 Å². The average Bonchev–Trinajstić information content (AvgIpc) is 2.75. The van der Waals surface area contributed by atoms with Crippen molar-refractivity contribution < 1.29 is 24.2 Å². The van der Waals surface area contributed by atoms with E-state index < -0.39 is 0 Å². The number of aryl methyl sites for hydroxylation is 1. The number of benzene rings is 2. The van der Waals surface area contributed by atoms with Crippen LogP contribution < -0.4 is 9.47 Å². The fourth-order valence-corrected chi connectivity index (χ4v) is 3.38. The molecule has 1 heterocycles. The zero-order valence-electron chi connectivity index (χ0n) is 16.8. The van der Waals surface area contributed by atoms with Crippen molar-refractivity contribution in [2.24, 2.45) is 0 Å². The third-order valence-corrected chi connectivity index (χ3v) is 5.81. The van der Waals surface area contributed by atoms with Gasteiger partial charge in [-0.1, -0.05) is 28.1 Å². The van der Waals surface area contributed by atoms with Gasteiger partial charge in [-0.2, -0.15) is 0 Å². The van der Waals surface area contributed by atoms with Crippen LogP contribution in [0, 0.1) is 6.92 Å². The van der Waals surface area contributed by atoms with Crippen LogP contribution in [0.15, 0.2) is 46.9 Å². The van der Waals surface area contributed by atoms with E-state index in [1.54, 1.807) is 28.0 Å². The van der Waals surface area contributed by atoms with Crippen LogP contribution in [0.4, 0.5) is 0 Å². The molecule has 0 atom stereocenters. The number of hydrogen-bond donors (Lipinski definition) is 1. The first-order chi connectivity index (χ1) is 14.4. The molecule has 1 saturated heterocycles. The lowest BCUT2D eigenvalue weighted by molar-refractivity contribution is -0.141. The van der Waals surface area contributed by atoms with Gasteiger partial charge in [0.05, 0.1) is 13.0 Å². The molecule has 0 spiro atoms. The van der Waals surface area contributed by atoms with Crippen LogP contribution in [-0.4, -0.2) is 66.1 Å². The van der Waals surface area contributed by atoms with E-state index in [9.17, 15) is 14.7 Å². The van der Waals surface area contributed by atoms with E-state index in [2.05, 4.69) is 15.9 Å². The smallest absolute Gasteiger partial charge is 0.260 e. The fraction of sp³-hybridized carbons (Fsp3) is 0.364. The number of rotatable bonds is 7. The van der Waals surface area contributed by atoms with E-state index >= 15 is 0 Å². The summed E-state index contributed by atoms with van der Waals surface area (Å²) in [6.45, 7) is 4.04. The molecule has 1 N–H and O–H groups in total. The van der Waals surface area contributed by atoms with Crippen LogP contribution in [-0.2, 0) is 9.59 Å². The summed E-state index contributed by atoms with van der Waals surface area (Å²) in [5, 5.41) is 9.69. The standard InChI is InChI=1S/C22H25BrN2O5/c1-16-14-17(6-7-18(16)23)29-13-8-21(27)24-9-11-25(12-10-24)22(28)15-30-20-5-3-2-4-19(20)26/h2-7,14,26H,8-13,15H2,1H3. The number of aromatic hydroxyl groups is 1. The monoisotopic (exact) mass is 476 g/mol. The first-order valence-corrected chi connectivity index (χ1v) is 10.6. The minimum absolute atomic E-state index is 0.00114. The molecular weight excluding hydrogens is 452 g/mol. The average molecular weight is 477 g/mol. The van der Waals surface area contributed by atoms with Crippen molar-refractivity contribution in [3.05, 3.63) is 52.5 Å². The lowest BCUT2D eigenvalue weighted by Crippen LogP contribution is -2.51. The van der Waals surface area contributed by atoms with Crippen LogP contribution in [0.3, 0.4) is 0 Å². The summed E-state index contributed by atoms with van der Waals surface area (Å²) >= 11 is 3.45. The summed E-state index contributed by atoms with van der Waals surface area (Å²) in [5.41, 5.74) is 1.08. The number of ether oxygens (including phenoxy) is 2. The molecule has 0 saturated carbocycles. The number of para-hydroxylation sites is 2. The molecule has 8 heteroatoms. The first-order valence-electron chi connectivity index (χ1n) is 9.79. The fourth-order valence-electron chi connectivity index (χ4n) is 3.14. The Kier molecular flexibility index (Phi) is 7.57. The topological polar surface area (TPSA) is 79.3 Å². The summed E-state index contributed by atoms with van der Waals surface area (Å²) in [5.74, 6) is 0.867. The molecular formula is C22H25BrN2O5. The van der Waals surface area contributed by atoms with Gasteiger partial charge in [0.15, 0.2) is 18.1 Å². The number of halogens is 1. The van der Waals surface area contributed by atoms with Gasteiger partial charge >= 0.3 is 0 Å². The van der Waals surface area contributed by atoms with Crippen molar-refractivity contribution >= 4 is 27.7 Å². The molecule has 2 aromatic rings. The van der Waals surface area contributed by atoms with E-state index in [0.29, 0.717) is 39.2 Å². The van der Waals surface area contributed by atoms with Crippen LogP contribution in [0.2, 0.25) is 0 Å². The van der Waals surface area contributed by atoms with Gasteiger partial charge in [-0.15, -0.1) is 0 Å². The van der Waals surface area contributed by atoms with Crippen LogP contribution in [0.25, 0.3) is 0 Å². The molecule has 0 radical (unpaired) electrons. The minimum Gasteiger partial charge on any atom is -0.504 e. The Balaban J connectivity index is 1.37. The molecule has 2 amide bonds. The van der Waals surface area contributed by atoms with Crippen molar-refractivity contribution in [1.82, 2.24) is 9.80 Å². The van der Waals surface area contributed by atoms with Gasteiger partial charge in [-0.05, 0) is 42.8 Å². The lowest BCUT2D eigenvalue weighted by atomic mass is 10.2. The van der Waals surface area contributed by atoms with E-state index in [1.165, 1.54) is 6.07 Å². The molecule has 1 fully saturated rings. The number of phenolic OH excluding ortho intramolecular Hbond substituents is 1. The van der Waals surface area contributed by atoms with E-state index in [-0.39, 0.29) is 29.9 Å². The molecule has 0 aromatic heterocycles. The highest BCUT2D eigenvalue weighted by atomic mass is 79.9. The Labute approximate surface area is 184 Å². The minimum atomic E-state index is -0.167. The van der Waals surface area contributed by atoms with Crippen molar-refractivity contribution in [2.45, 2.75) is 13.3 Å².